The summed E-state index contributed by atoms with van der Waals surface area (Å²) >= 11 is 0.651. The number of thioether (sulfide) groups is 1. The van der Waals surface area contributed by atoms with Gasteiger partial charge in [-0.25, -0.2) is 4.28 Å². The quantitative estimate of drug-likeness (QED) is 0.121. The molecule has 0 aliphatic carbocycles. The SMILES string of the molecule is O=S(=O)(O)O/N=C(/Cc1c[nH]c2cccc(O)c12)S[C@H]1O[C@@H](CO)[C@H](O)[C@@H](O)[C@@H]1O. The second-order valence-electron chi connectivity index (χ2n) is 6.49. The van der Waals surface area contributed by atoms with Crippen molar-refractivity contribution in [2.24, 2.45) is 5.16 Å². The molecule has 0 amide bonds. The standard InChI is InChI=1S/C16H20N2O10S2/c19-6-10-13(21)14(22)15(23)16(27-10)29-11(18-28-30(24,25)26)4-7-5-17-8-2-1-3-9(20)12(7)8/h1-3,5,10,13-17,19-23H,4,6H2,(H,24,25,26)/b18-11-/t10-,13-,14+,15-,16+/m0/s1. The highest BCUT2D eigenvalue weighted by Gasteiger charge is 2.44. The third-order valence-electron chi connectivity index (χ3n) is 4.44. The lowest BCUT2D eigenvalue weighted by molar-refractivity contribution is -0.205. The van der Waals surface area contributed by atoms with Crippen LogP contribution in [0.15, 0.2) is 29.6 Å². The van der Waals surface area contributed by atoms with Crippen molar-refractivity contribution in [2.45, 2.75) is 36.3 Å². The van der Waals surface area contributed by atoms with Gasteiger partial charge in [0.1, 0.15) is 40.6 Å². The van der Waals surface area contributed by atoms with Gasteiger partial charge in [0.25, 0.3) is 0 Å². The molecule has 5 atom stereocenters. The smallest absolute Gasteiger partial charge is 0.466 e. The van der Waals surface area contributed by atoms with E-state index in [1.165, 1.54) is 6.07 Å². The topological polar surface area (TPSA) is 202 Å². The number of oxime groups is 1. The fourth-order valence-electron chi connectivity index (χ4n) is 3.02. The molecule has 1 aliphatic rings. The minimum absolute atomic E-state index is 0.0448. The van der Waals surface area contributed by atoms with Crippen molar-refractivity contribution in [1.82, 2.24) is 4.98 Å². The molecule has 2 aromatic rings. The van der Waals surface area contributed by atoms with E-state index in [2.05, 4.69) is 14.4 Å². The van der Waals surface area contributed by atoms with E-state index in [4.69, 9.17) is 9.29 Å². The number of aliphatic hydroxyl groups excluding tert-OH is 4. The Hall–Kier alpha value is -1.91. The summed E-state index contributed by atoms with van der Waals surface area (Å²) in [5.74, 6) is -0.0448. The molecule has 1 aromatic carbocycles. The molecule has 1 saturated heterocycles. The molecular formula is C16H20N2O10S2. The summed E-state index contributed by atoms with van der Waals surface area (Å²) in [4.78, 5) is 2.93. The molecule has 3 rings (SSSR count). The number of aromatic hydroxyl groups is 1. The number of aromatic amines is 1. The number of rotatable bonds is 6. The maximum Gasteiger partial charge on any atom is 0.466 e. The normalized spacial score (nSPS) is 28.0. The minimum atomic E-state index is -4.93. The average Bonchev–Trinajstić information content (AvgIpc) is 3.10. The molecule has 12 nitrogen and oxygen atoms in total. The highest BCUT2D eigenvalue weighted by molar-refractivity contribution is 8.14. The zero-order chi connectivity index (χ0) is 22.1. The van der Waals surface area contributed by atoms with Crippen LogP contribution in [0.25, 0.3) is 10.9 Å². The zero-order valence-electron chi connectivity index (χ0n) is 15.2. The van der Waals surface area contributed by atoms with Crippen LogP contribution in [0.4, 0.5) is 0 Å². The highest BCUT2D eigenvalue weighted by atomic mass is 32.3. The summed E-state index contributed by atoms with van der Waals surface area (Å²) < 4.78 is 40.2. The first-order valence-electron chi connectivity index (χ1n) is 8.58. The van der Waals surface area contributed by atoms with E-state index in [1.54, 1.807) is 18.3 Å². The van der Waals surface area contributed by atoms with E-state index in [0.29, 0.717) is 28.2 Å². The Balaban J connectivity index is 1.89. The maximum absolute atomic E-state index is 10.9. The van der Waals surface area contributed by atoms with Crippen molar-refractivity contribution >= 4 is 38.1 Å². The first kappa shape index (κ1) is 22.8. The molecule has 1 aromatic heterocycles. The minimum Gasteiger partial charge on any atom is -0.507 e. The first-order valence-corrected chi connectivity index (χ1v) is 10.8. The van der Waals surface area contributed by atoms with Gasteiger partial charge in [-0.3, -0.25) is 4.55 Å². The highest BCUT2D eigenvalue weighted by Crippen LogP contribution is 2.33. The maximum atomic E-state index is 10.9. The van der Waals surface area contributed by atoms with Gasteiger partial charge < -0.3 is 35.3 Å². The Bertz CT molecular complexity index is 1020. The molecule has 0 radical (unpaired) electrons. The van der Waals surface area contributed by atoms with Crippen molar-refractivity contribution in [3.8, 4) is 5.75 Å². The zero-order valence-corrected chi connectivity index (χ0v) is 16.8. The van der Waals surface area contributed by atoms with Gasteiger partial charge in [-0.1, -0.05) is 23.0 Å². The number of fused-ring (bicyclic) bond motifs is 1. The third kappa shape index (κ3) is 5.04. The molecule has 0 saturated carbocycles. The Morgan fingerprint density at radius 2 is 1.97 bits per heavy atom. The van der Waals surface area contributed by atoms with Crippen LogP contribution in [0, 0.1) is 0 Å². The van der Waals surface area contributed by atoms with Gasteiger partial charge in [0.05, 0.1) is 6.61 Å². The van der Waals surface area contributed by atoms with Crippen LogP contribution in [0.2, 0.25) is 0 Å². The number of ether oxygens (including phenoxy) is 1. The van der Waals surface area contributed by atoms with Gasteiger partial charge in [0.2, 0.25) is 0 Å². The fourth-order valence-corrected chi connectivity index (χ4v) is 4.34. The number of H-pyrrole nitrogens is 1. The molecule has 30 heavy (non-hydrogen) atoms. The molecule has 166 valence electrons. The van der Waals surface area contributed by atoms with E-state index in [-0.39, 0.29) is 17.2 Å². The van der Waals surface area contributed by atoms with Crippen molar-refractivity contribution in [2.75, 3.05) is 6.61 Å². The van der Waals surface area contributed by atoms with Crippen LogP contribution in [-0.4, -0.2) is 85.0 Å². The van der Waals surface area contributed by atoms with Crippen LogP contribution in [0.1, 0.15) is 5.56 Å². The van der Waals surface area contributed by atoms with Gasteiger partial charge in [0.15, 0.2) is 0 Å². The van der Waals surface area contributed by atoms with Crippen molar-refractivity contribution < 1.29 is 47.5 Å². The second kappa shape index (κ2) is 9.07. The number of nitrogens with one attached hydrogen (secondary N) is 1. The second-order valence-corrected chi connectivity index (χ2v) is 8.67. The van der Waals surface area contributed by atoms with Crippen molar-refractivity contribution in [1.29, 1.82) is 0 Å². The summed E-state index contributed by atoms with van der Waals surface area (Å²) in [5.41, 5.74) is -0.182. The van der Waals surface area contributed by atoms with E-state index in [0.717, 1.165) is 0 Å². The van der Waals surface area contributed by atoms with Crippen molar-refractivity contribution in [3.05, 3.63) is 30.0 Å². The van der Waals surface area contributed by atoms with Gasteiger partial charge >= 0.3 is 10.4 Å². The van der Waals surface area contributed by atoms with Crippen LogP contribution >= 0.6 is 11.8 Å². The van der Waals surface area contributed by atoms with Crippen LogP contribution < -0.4 is 0 Å². The number of hydrogen-bond donors (Lipinski definition) is 7. The molecule has 1 aliphatic heterocycles. The largest absolute Gasteiger partial charge is 0.507 e. The van der Waals surface area contributed by atoms with Crippen molar-refractivity contribution in [3.63, 3.8) is 0 Å². The summed E-state index contributed by atoms with van der Waals surface area (Å²) in [7, 11) is -4.93. The van der Waals surface area contributed by atoms with Crippen LogP contribution in [-0.2, 0) is 25.8 Å². The summed E-state index contributed by atoms with van der Waals surface area (Å²) in [6.45, 7) is -0.647. The number of phenolic OH excluding ortho intramolecular Hbond substituents is 1. The van der Waals surface area contributed by atoms with Crippen LogP contribution in [0.5, 0.6) is 5.75 Å². The predicted octanol–water partition coefficient (Wildman–Crippen LogP) is -0.918. The lowest BCUT2D eigenvalue weighted by Gasteiger charge is -2.39. The molecule has 0 bridgehead atoms. The Morgan fingerprint density at radius 3 is 2.63 bits per heavy atom. The Labute approximate surface area is 174 Å². The number of hydrogen-bond acceptors (Lipinski definition) is 11. The predicted molar refractivity (Wildman–Crippen MR) is 105 cm³/mol. The number of nitrogens with zero attached hydrogens (tertiary/aromatic N) is 1. The third-order valence-corrected chi connectivity index (χ3v) is 5.82. The molecule has 14 heteroatoms. The van der Waals surface area contributed by atoms with E-state index in [1.807, 2.05) is 0 Å². The Morgan fingerprint density at radius 1 is 1.23 bits per heavy atom. The van der Waals surface area contributed by atoms with E-state index in [9.17, 15) is 34.0 Å². The van der Waals surface area contributed by atoms with Gasteiger partial charge in [-0.2, -0.15) is 8.42 Å². The molecule has 7 N–H and O–H groups in total. The molecule has 0 unspecified atom stereocenters. The molecule has 2 heterocycles. The number of aliphatic hydroxyl groups is 4. The van der Waals surface area contributed by atoms with Gasteiger partial charge in [-0.15, -0.1) is 0 Å². The monoisotopic (exact) mass is 464 g/mol. The van der Waals surface area contributed by atoms with E-state index >= 15 is 0 Å². The lowest BCUT2D eigenvalue weighted by Crippen LogP contribution is -2.57. The lowest BCUT2D eigenvalue weighted by atomic mass is 10.0. The first-order chi connectivity index (χ1) is 14.1. The van der Waals surface area contributed by atoms with Crippen LogP contribution in [0.3, 0.4) is 0 Å². The van der Waals surface area contributed by atoms with Gasteiger partial charge in [-0.05, 0) is 17.7 Å². The number of aromatic nitrogens is 1. The number of benzene rings is 1. The molecule has 1 fully saturated rings. The van der Waals surface area contributed by atoms with E-state index < -0.39 is 46.9 Å². The number of phenols is 1. The molecule has 0 spiro atoms. The van der Waals surface area contributed by atoms with Gasteiger partial charge in [0, 0.05) is 23.5 Å². The molecular weight excluding hydrogens is 444 g/mol. The summed E-state index contributed by atoms with van der Waals surface area (Å²) in [6.07, 6.45) is -4.58. The average molecular weight is 464 g/mol. The Kier molecular flexibility index (Phi) is 6.88. The summed E-state index contributed by atoms with van der Waals surface area (Å²) in [6, 6.07) is 4.78. The fraction of sp³-hybridized carbons (Fsp3) is 0.438. The summed E-state index contributed by atoms with van der Waals surface area (Å²) in [5, 5.41) is 53.1.